The summed E-state index contributed by atoms with van der Waals surface area (Å²) in [7, 11) is 0. The number of carbonyl (C=O) groups is 5. The number of amides is 3. The summed E-state index contributed by atoms with van der Waals surface area (Å²) in [6.07, 6.45) is -8.06. The van der Waals surface area contributed by atoms with E-state index in [9.17, 15) is 85.4 Å². The molecule has 0 saturated carbocycles. The molecule has 362 valence electrons. The van der Waals surface area contributed by atoms with Gasteiger partial charge in [0.25, 0.3) is 17.7 Å². The van der Waals surface area contributed by atoms with Crippen LogP contribution in [0.4, 0.5) is 61.5 Å². The number of nitrogens with one attached hydrogen (secondary N) is 3. The number of rotatable bonds is 7. The largest absolute Gasteiger partial charge is 0.458 e. The number of benzene rings is 3. The molecular formula is C42H29ClF14N6O5. The Bertz CT molecular complexity index is 2700. The van der Waals surface area contributed by atoms with Crippen LogP contribution in [0.3, 0.4) is 0 Å². The van der Waals surface area contributed by atoms with Gasteiger partial charge in [-0.25, -0.2) is 13.2 Å². The van der Waals surface area contributed by atoms with E-state index in [1.165, 1.54) is 18.5 Å². The molecule has 3 amide bonds. The number of hydrogen-bond acceptors (Lipinski definition) is 8. The Morgan fingerprint density at radius 1 is 0.544 bits per heavy atom. The van der Waals surface area contributed by atoms with Crippen molar-refractivity contribution in [2.24, 2.45) is 15.0 Å². The molecule has 3 aromatic rings. The molecule has 0 aliphatic carbocycles. The zero-order valence-corrected chi connectivity index (χ0v) is 33.7. The van der Waals surface area contributed by atoms with Crippen molar-refractivity contribution in [3.63, 3.8) is 0 Å². The summed E-state index contributed by atoms with van der Waals surface area (Å²) in [5, 5.41) is 5.86. The number of halogens is 15. The lowest BCUT2D eigenvalue weighted by atomic mass is 10.0. The maximum Gasteiger partial charge on any atom is 0.458 e. The number of nitrogens with zero attached hydrogens (tertiary/aromatic N) is 3. The third kappa shape index (κ3) is 14.6. The van der Waals surface area contributed by atoms with E-state index in [0.717, 1.165) is 24.4 Å². The zero-order valence-electron chi connectivity index (χ0n) is 33.0. The Kier molecular flexibility index (Phi) is 17.8. The molecule has 68 heavy (non-hydrogen) atoms. The highest BCUT2D eigenvalue weighted by Gasteiger charge is 2.58. The predicted molar refractivity (Wildman–Crippen MR) is 217 cm³/mol. The highest BCUT2D eigenvalue weighted by atomic mass is 35.5. The van der Waals surface area contributed by atoms with E-state index in [1.807, 2.05) is 0 Å². The zero-order chi connectivity index (χ0) is 50.2. The fourth-order valence-electron chi connectivity index (χ4n) is 5.22. The van der Waals surface area contributed by atoms with E-state index < -0.39 is 104 Å². The van der Waals surface area contributed by atoms with Gasteiger partial charge in [0.15, 0.2) is 11.6 Å². The van der Waals surface area contributed by atoms with Gasteiger partial charge in [-0.3, -0.25) is 38.9 Å². The fraction of sp³-hybridized carbons (Fsp3) is 0.190. The van der Waals surface area contributed by atoms with Crippen LogP contribution >= 0.6 is 11.6 Å². The third-order valence-corrected chi connectivity index (χ3v) is 8.64. The summed E-state index contributed by atoms with van der Waals surface area (Å²) in [5.74, 6) is -13.2. The summed E-state index contributed by atoms with van der Waals surface area (Å²) >= 11 is 5.47. The molecule has 3 N–H and O–H groups in total. The van der Waals surface area contributed by atoms with Crippen LogP contribution in [0.5, 0.6) is 0 Å². The van der Waals surface area contributed by atoms with Gasteiger partial charge in [0.05, 0.1) is 56.5 Å². The summed E-state index contributed by atoms with van der Waals surface area (Å²) in [5.41, 5.74) is -5.18. The van der Waals surface area contributed by atoms with E-state index in [0.29, 0.717) is 36.4 Å². The monoisotopic (exact) mass is 998 g/mol. The maximum atomic E-state index is 13.8. The molecule has 3 aliphatic heterocycles. The molecule has 3 aliphatic rings. The van der Waals surface area contributed by atoms with Crippen LogP contribution in [0.15, 0.2) is 111 Å². The highest BCUT2D eigenvalue weighted by Crippen LogP contribution is 2.44. The number of hydrogen-bond donors (Lipinski definition) is 3. The molecule has 0 saturated heterocycles. The van der Waals surface area contributed by atoms with E-state index >= 15 is 0 Å². The lowest BCUT2D eigenvalue weighted by molar-refractivity contribution is -0.289. The average Bonchev–Trinajstić information content (AvgIpc) is 3.20. The molecule has 26 heteroatoms. The van der Waals surface area contributed by atoms with Crippen molar-refractivity contribution < 1.29 is 85.4 Å². The van der Waals surface area contributed by atoms with Gasteiger partial charge >= 0.3 is 24.5 Å². The van der Waals surface area contributed by atoms with Crippen LogP contribution in [0.1, 0.15) is 55.2 Å². The Morgan fingerprint density at radius 3 is 1.34 bits per heavy atom. The number of ketones is 2. The molecule has 0 aromatic heterocycles. The van der Waals surface area contributed by atoms with E-state index in [1.54, 1.807) is 0 Å². The molecule has 0 atom stereocenters. The van der Waals surface area contributed by atoms with Crippen molar-refractivity contribution in [3.05, 3.63) is 152 Å². The molecule has 0 radical (unpaired) electrons. The second-order valence-electron chi connectivity index (χ2n) is 13.4. The van der Waals surface area contributed by atoms with Gasteiger partial charge in [-0.2, -0.15) is 48.3 Å². The molecule has 3 aromatic carbocycles. The van der Waals surface area contributed by atoms with Gasteiger partial charge in [-0.15, -0.1) is 0 Å². The van der Waals surface area contributed by atoms with Crippen molar-refractivity contribution in [1.82, 2.24) is 16.0 Å². The van der Waals surface area contributed by atoms with Crippen molar-refractivity contribution in [3.8, 4) is 0 Å². The lowest BCUT2D eigenvalue weighted by Crippen LogP contribution is -2.34. The maximum absolute atomic E-state index is 13.8. The first-order valence-corrected chi connectivity index (χ1v) is 18.3. The Labute approximate surface area is 378 Å². The first kappa shape index (κ1) is 55.0. The molecule has 0 spiro atoms. The summed E-state index contributed by atoms with van der Waals surface area (Å²) in [6, 6.07) is 3.16. The number of allylic oxidation sites excluding steroid dienone is 3. The number of alkyl halides is 11. The van der Waals surface area contributed by atoms with Gasteiger partial charge in [0.2, 0.25) is 0 Å². The van der Waals surface area contributed by atoms with Gasteiger partial charge in [0.1, 0.15) is 30.5 Å². The summed E-state index contributed by atoms with van der Waals surface area (Å²) < 4.78 is 179. The van der Waals surface area contributed by atoms with E-state index in [2.05, 4.69) is 37.5 Å². The molecule has 11 nitrogen and oxygen atoms in total. The van der Waals surface area contributed by atoms with Crippen molar-refractivity contribution in [2.45, 2.75) is 31.9 Å². The van der Waals surface area contributed by atoms with Crippen molar-refractivity contribution in [2.75, 3.05) is 19.6 Å². The van der Waals surface area contributed by atoms with Crippen LogP contribution in [0.2, 0.25) is 5.02 Å². The molecular weight excluding hydrogens is 970 g/mol. The number of aliphatic imine (C=N–C) groups is 3. The normalized spacial score (nSPS) is 14.8. The SMILES string of the molecule is C.C=C1C=C(NC(=O)c2cc(Cl)c(C(F)(F)F)cc2F)C=NC1.O=C1C=C(NC(=O)c2ccc(C(F)(F)C(F)(F)F)cc2F)C=NC1.O=C1C=C(NC(=O)c2ccc(C(F)(F)F)cc2F)C=NC1. The van der Waals surface area contributed by atoms with E-state index in [4.69, 9.17) is 11.6 Å². The van der Waals surface area contributed by atoms with Crippen LogP contribution in [0.25, 0.3) is 0 Å². The minimum atomic E-state index is -5.90. The smallest absolute Gasteiger partial charge is 0.321 e. The van der Waals surface area contributed by atoms with E-state index in [-0.39, 0.29) is 61.6 Å². The van der Waals surface area contributed by atoms with Crippen LogP contribution in [0, 0.1) is 17.5 Å². The standard InChI is InChI=1S/C14H9ClF4N2O.C14H8F6N2O2.C13H8F4N2O2.CH4/c1-7-2-8(6-20-5-7)21-13(22)9-3-11(15)10(4-12(9)16)14(17,18)19;15-11-3-7(13(16,17)14(18,19)20)1-2-10(11)12(24)22-8-4-9(23)6-21-5-8;14-11-3-7(13(15,16)17)1-2-10(11)12(21)19-8-4-9(20)6-18-5-8;/h2-4,6H,1,5H2,(H,21,22);1-5H,6H2,(H,22,24);1-5H,6H2,(H,19,21);1H4. The molecule has 6 rings (SSSR count). The average molecular weight is 999 g/mol. The quantitative estimate of drug-likeness (QED) is 0.201. The van der Waals surface area contributed by atoms with Gasteiger partial charge in [-0.05, 0) is 54.1 Å². The van der Waals surface area contributed by atoms with Crippen LogP contribution in [-0.2, 0) is 27.9 Å². The number of dihydropyridines is 3. The Morgan fingerprint density at radius 2 is 0.941 bits per heavy atom. The number of carbonyl (C=O) groups excluding carboxylic acids is 5. The first-order valence-electron chi connectivity index (χ1n) is 18.0. The van der Waals surface area contributed by atoms with Gasteiger partial charge in [-0.1, -0.05) is 31.7 Å². The third-order valence-electron chi connectivity index (χ3n) is 8.33. The van der Waals surface area contributed by atoms with Crippen LogP contribution in [-0.4, -0.2) is 73.7 Å². The van der Waals surface area contributed by atoms with Crippen LogP contribution < -0.4 is 16.0 Å². The first-order chi connectivity index (χ1) is 31.0. The molecule has 3 heterocycles. The minimum Gasteiger partial charge on any atom is -0.321 e. The molecule has 0 fully saturated rings. The van der Waals surface area contributed by atoms with Gasteiger partial charge < -0.3 is 16.0 Å². The van der Waals surface area contributed by atoms with Crippen molar-refractivity contribution in [1.29, 1.82) is 0 Å². The highest BCUT2D eigenvalue weighted by molar-refractivity contribution is 6.31. The van der Waals surface area contributed by atoms with Gasteiger partial charge in [0, 0.05) is 36.4 Å². The minimum absolute atomic E-state index is 0. The predicted octanol–water partition coefficient (Wildman–Crippen LogP) is 9.25. The lowest BCUT2D eigenvalue weighted by Gasteiger charge is -2.20. The fourth-order valence-corrected chi connectivity index (χ4v) is 5.49. The topological polar surface area (TPSA) is 159 Å². The van der Waals surface area contributed by atoms with Crippen molar-refractivity contribution >= 4 is 59.5 Å². The second kappa shape index (κ2) is 22.0. The Hall–Kier alpha value is -7.31. The molecule has 0 bridgehead atoms. The summed E-state index contributed by atoms with van der Waals surface area (Å²) in [4.78, 5) is 68.8. The molecule has 0 unspecified atom stereocenters. The second-order valence-corrected chi connectivity index (χ2v) is 13.8. The summed E-state index contributed by atoms with van der Waals surface area (Å²) in [6.45, 7) is 3.86. The Balaban J connectivity index is 0.000000269.